The van der Waals surface area contributed by atoms with Gasteiger partial charge in [-0.05, 0) is 37.3 Å². The molecule has 2 heterocycles. The minimum Gasteiger partial charge on any atom is -0.384 e. The van der Waals surface area contributed by atoms with Crippen molar-refractivity contribution in [2.45, 2.75) is 39.5 Å². The molecular weight excluding hydrogens is 172 g/mol. The predicted octanol–water partition coefficient (Wildman–Crippen LogP) is 2.87. The van der Waals surface area contributed by atoms with Gasteiger partial charge in [0.15, 0.2) is 0 Å². The minimum absolute atomic E-state index is 0.566. The standard InChI is InChI=1S/C12H18N2/c1-8(2)10-7-12-11(14-9(10)3)5-4-6-13-12/h7-8,13H,4-6H2,1-3H3. The Labute approximate surface area is 85.7 Å². The minimum atomic E-state index is 0.566. The number of anilines is 1. The van der Waals surface area contributed by atoms with Crippen molar-refractivity contribution in [2.75, 3.05) is 11.9 Å². The summed E-state index contributed by atoms with van der Waals surface area (Å²) in [5.41, 5.74) is 5.07. The summed E-state index contributed by atoms with van der Waals surface area (Å²) in [5, 5.41) is 3.42. The van der Waals surface area contributed by atoms with E-state index in [9.17, 15) is 0 Å². The number of hydrogen-bond donors (Lipinski definition) is 1. The van der Waals surface area contributed by atoms with Crippen LogP contribution in [0, 0.1) is 6.92 Å². The first-order valence-corrected chi connectivity index (χ1v) is 5.43. The SMILES string of the molecule is Cc1nc2c(cc1C(C)C)NCCC2. The molecule has 0 unspecified atom stereocenters. The van der Waals surface area contributed by atoms with Gasteiger partial charge in [-0.15, -0.1) is 0 Å². The third-order valence-electron chi connectivity index (χ3n) is 2.86. The van der Waals surface area contributed by atoms with Crippen LogP contribution in [0.3, 0.4) is 0 Å². The Kier molecular flexibility index (Phi) is 2.44. The highest BCUT2D eigenvalue weighted by molar-refractivity contribution is 5.53. The Balaban J connectivity index is 2.45. The Morgan fingerprint density at radius 1 is 1.43 bits per heavy atom. The van der Waals surface area contributed by atoms with Gasteiger partial charge in [-0.25, -0.2) is 0 Å². The van der Waals surface area contributed by atoms with Gasteiger partial charge in [-0.2, -0.15) is 0 Å². The van der Waals surface area contributed by atoms with Crippen LogP contribution in [0.25, 0.3) is 0 Å². The predicted molar refractivity (Wildman–Crippen MR) is 59.9 cm³/mol. The molecule has 2 rings (SSSR count). The first-order valence-electron chi connectivity index (χ1n) is 5.43. The second-order valence-corrected chi connectivity index (χ2v) is 4.34. The second-order valence-electron chi connectivity index (χ2n) is 4.34. The van der Waals surface area contributed by atoms with Crippen LogP contribution >= 0.6 is 0 Å². The average Bonchev–Trinajstić information content (AvgIpc) is 2.16. The van der Waals surface area contributed by atoms with E-state index in [1.54, 1.807) is 0 Å². The highest BCUT2D eigenvalue weighted by Crippen LogP contribution is 2.26. The molecule has 1 aliphatic heterocycles. The van der Waals surface area contributed by atoms with Crippen LogP contribution < -0.4 is 5.32 Å². The Bertz CT molecular complexity index is 342. The summed E-state index contributed by atoms with van der Waals surface area (Å²) in [4.78, 5) is 4.67. The van der Waals surface area contributed by atoms with Crippen molar-refractivity contribution in [3.8, 4) is 0 Å². The number of hydrogen-bond acceptors (Lipinski definition) is 2. The molecule has 2 nitrogen and oxygen atoms in total. The second kappa shape index (κ2) is 3.60. The van der Waals surface area contributed by atoms with Crippen LogP contribution in [-0.2, 0) is 6.42 Å². The van der Waals surface area contributed by atoms with Gasteiger partial charge < -0.3 is 5.32 Å². The van der Waals surface area contributed by atoms with Crippen molar-refractivity contribution in [1.29, 1.82) is 0 Å². The van der Waals surface area contributed by atoms with Crippen molar-refractivity contribution < 1.29 is 0 Å². The van der Waals surface area contributed by atoms with Crippen molar-refractivity contribution in [3.05, 3.63) is 23.0 Å². The summed E-state index contributed by atoms with van der Waals surface area (Å²) in [6.45, 7) is 7.65. The molecule has 14 heavy (non-hydrogen) atoms. The van der Waals surface area contributed by atoms with E-state index in [2.05, 4.69) is 37.1 Å². The van der Waals surface area contributed by atoms with Gasteiger partial charge in [0.25, 0.3) is 0 Å². The smallest absolute Gasteiger partial charge is 0.0638 e. The maximum absolute atomic E-state index is 4.67. The normalized spacial score (nSPS) is 15.1. The number of rotatable bonds is 1. The molecule has 0 aliphatic carbocycles. The fraction of sp³-hybridized carbons (Fsp3) is 0.583. The highest BCUT2D eigenvalue weighted by atomic mass is 14.9. The fourth-order valence-corrected chi connectivity index (χ4v) is 2.08. The first-order chi connectivity index (χ1) is 6.68. The van der Waals surface area contributed by atoms with E-state index in [-0.39, 0.29) is 0 Å². The molecule has 0 atom stereocenters. The van der Waals surface area contributed by atoms with Gasteiger partial charge in [0.05, 0.1) is 11.4 Å². The van der Waals surface area contributed by atoms with E-state index >= 15 is 0 Å². The summed E-state index contributed by atoms with van der Waals surface area (Å²) in [7, 11) is 0. The lowest BCUT2D eigenvalue weighted by Crippen LogP contribution is -2.14. The average molecular weight is 190 g/mol. The molecular formula is C12H18N2. The molecule has 2 heteroatoms. The van der Waals surface area contributed by atoms with E-state index in [1.807, 2.05) is 0 Å². The van der Waals surface area contributed by atoms with Crippen molar-refractivity contribution >= 4 is 5.69 Å². The maximum atomic E-state index is 4.67. The van der Waals surface area contributed by atoms with Crippen molar-refractivity contribution in [2.24, 2.45) is 0 Å². The zero-order valence-corrected chi connectivity index (χ0v) is 9.22. The van der Waals surface area contributed by atoms with Gasteiger partial charge in [0.2, 0.25) is 0 Å². The number of fused-ring (bicyclic) bond motifs is 1. The summed E-state index contributed by atoms with van der Waals surface area (Å²) in [6.07, 6.45) is 2.34. The number of nitrogens with one attached hydrogen (secondary N) is 1. The summed E-state index contributed by atoms with van der Waals surface area (Å²) >= 11 is 0. The van der Waals surface area contributed by atoms with E-state index < -0.39 is 0 Å². The topological polar surface area (TPSA) is 24.9 Å². The Morgan fingerprint density at radius 2 is 2.21 bits per heavy atom. The Morgan fingerprint density at radius 3 is 2.93 bits per heavy atom. The molecule has 0 radical (unpaired) electrons. The van der Waals surface area contributed by atoms with Crippen molar-refractivity contribution in [3.63, 3.8) is 0 Å². The van der Waals surface area contributed by atoms with Gasteiger partial charge in [-0.3, -0.25) is 4.98 Å². The molecule has 0 aromatic carbocycles. The zero-order valence-electron chi connectivity index (χ0n) is 9.22. The monoisotopic (exact) mass is 190 g/mol. The molecule has 0 spiro atoms. The fourth-order valence-electron chi connectivity index (χ4n) is 2.08. The van der Waals surface area contributed by atoms with Crippen LogP contribution in [0.2, 0.25) is 0 Å². The molecule has 1 N–H and O–H groups in total. The summed E-state index contributed by atoms with van der Waals surface area (Å²) in [6, 6.07) is 2.28. The summed E-state index contributed by atoms with van der Waals surface area (Å²) in [5.74, 6) is 0.566. The van der Waals surface area contributed by atoms with Gasteiger partial charge >= 0.3 is 0 Å². The maximum Gasteiger partial charge on any atom is 0.0638 e. The quantitative estimate of drug-likeness (QED) is 0.736. The lowest BCUT2D eigenvalue weighted by atomic mass is 9.98. The summed E-state index contributed by atoms with van der Waals surface area (Å²) < 4.78 is 0. The van der Waals surface area contributed by atoms with Gasteiger partial charge in [-0.1, -0.05) is 13.8 Å². The molecule has 0 fully saturated rings. The number of aromatic nitrogens is 1. The molecule has 0 saturated carbocycles. The molecule has 0 saturated heterocycles. The molecule has 0 bridgehead atoms. The molecule has 1 aromatic heterocycles. The molecule has 76 valence electrons. The molecule has 0 amide bonds. The lowest BCUT2D eigenvalue weighted by Gasteiger charge is -2.20. The van der Waals surface area contributed by atoms with Crippen LogP contribution in [-0.4, -0.2) is 11.5 Å². The third-order valence-corrected chi connectivity index (χ3v) is 2.86. The molecule has 1 aliphatic rings. The van der Waals surface area contributed by atoms with E-state index in [1.165, 1.54) is 29.1 Å². The zero-order chi connectivity index (χ0) is 10.1. The van der Waals surface area contributed by atoms with E-state index in [4.69, 9.17) is 0 Å². The lowest BCUT2D eigenvalue weighted by molar-refractivity contribution is 0.776. The van der Waals surface area contributed by atoms with Gasteiger partial charge in [0.1, 0.15) is 0 Å². The van der Waals surface area contributed by atoms with E-state index in [0.29, 0.717) is 5.92 Å². The number of pyridine rings is 1. The van der Waals surface area contributed by atoms with Crippen LogP contribution in [0.1, 0.15) is 43.1 Å². The molecule has 1 aromatic rings. The highest BCUT2D eigenvalue weighted by Gasteiger charge is 2.13. The third kappa shape index (κ3) is 1.61. The van der Waals surface area contributed by atoms with Crippen LogP contribution in [0.4, 0.5) is 5.69 Å². The first kappa shape index (κ1) is 9.50. The van der Waals surface area contributed by atoms with Crippen LogP contribution in [0.15, 0.2) is 6.07 Å². The van der Waals surface area contributed by atoms with Gasteiger partial charge in [0, 0.05) is 12.2 Å². The number of aryl methyl sites for hydroxylation is 2. The van der Waals surface area contributed by atoms with Crippen LogP contribution in [0.5, 0.6) is 0 Å². The Hall–Kier alpha value is -1.05. The number of nitrogens with zero attached hydrogens (tertiary/aromatic N) is 1. The largest absolute Gasteiger partial charge is 0.384 e. The van der Waals surface area contributed by atoms with Crippen molar-refractivity contribution in [1.82, 2.24) is 4.98 Å². The van der Waals surface area contributed by atoms with E-state index in [0.717, 1.165) is 13.0 Å².